The van der Waals surface area contributed by atoms with E-state index in [0.717, 1.165) is 105 Å². The highest BCUT2D eigenvalue weighted by Crippen LogP contribution is 2.28. The van der Waals surface area contributed by atoms with Crippen molar-refractivity contribution in [3.63, 3.8) is 0 Å². The van der Waals surface area contributed by atoms with E-state index in [1.807, 2.05) is 182 Å². The number of amides is 1. The lowest BCUT2D eigenvalue weighted by atomic mass is 9.95. The summed E-state index contributed by atoms with van der Waals surface area (Å²) in [6, 6.07) is 62.2. The number of hydroxylamine groups is 1. The fourth-order valence-corrected chi connectivity index (χ4v) is 8.98. The Bertz CT molecular complexity index is 3690. The first kappa shape index (κ1) is 83.5. The Morgan fingerprint density at radius 2 is 0.703 bits per heavy atom. The van der Waals surface area contributed by atoms with Gasteiger partial charge in [0, 0.05) is 24.9 Å². The highest BCUT2D eigenvalue weighted by Gasteiger charge is 2.48. The summed E-state index contributed by atoms with van der Waals surface area (Å²) in [6.45, 7) is 3.58. The monoisotopic (exact) mass is 1410 g/mol. The van der Waals surface area contributed by atoms with E-state index >= 15 is 0 Å². The number of nitrogens with zero attached hydrogens (tertiary/aromatic N) is 1. The highest BCUT2D eigenvalue weighted by atomic mass is 19.3. The molecule has 8 aromatic carbocycles. The van der Waals surface area contributed by atoms with E-state index in [-0.39, 0.29) is 13.1 Å². The number of carbonyl (C=O) groups excluding carboxylic acids is 5. The van der Waals surface area contributed by atoms with E-state index < -0.39 is 96.1 Å². The first-order chi connectivity index (χ1) is 47.8. The summed E-state index contributed by atoms with van der Waals surface area (Å²) in [4.78, 5) is 60.0. The van der Waals surface area contributed by atoms with E-state index in [0.29, 0.717) is 11.1 Å². The van der Waals surface area contributed by atoms with Crippen LogP contribution < -0.4 is 21.8 Å². The molecule has 0 aliphatic carbocycles. The van der Waals surface area contributed by atoms with Crippen LogP contribution in [0.1, 0.15) is 54.7 Å². The van der Waals surface area contributed by atoms with Crippen molar-refractivity contribution >= 4 is 36.3 Å². The molecule has 0 heterocycles. The first-order valence-electron chi connectivity index (χ1n) is 30.8. The van der Waals surface area contributed by atoms with Crippen molar-refractivity contribution in [2.75, 3.05) is 21.3 Å². The maximum atomic E-state index is 13.0. The molecule has 18 nitrogen and oxygen atoms in total. The number of carbonyl (C=O) groups is 5. The fourth-order valence-electron chi connectivity index (χ4n) is 8.98. The average molecular weight is 1410 g/mol. The number of esters is 3. The molecule has 8 rings (SSSR count). The molecule has 0 radical (unpaired) electrons. The number of ether oxygens (including phenoxy) is 3. The second-order valence-electron chi connectivity index (χ2n) is 23.2. The van der Waals surface area contributed by atoms with Gasteiger partial charge in [0.15, 0.2) is 11.6 Å². The molecule has 101 heavy (non-hydrogen) atoms. The Balaban J connectivity index is 0.000000275. The zero-order valence-corrected chi connectivity index (χ0v) is 56.0. The number of halogens is 8. The number of aldehydes is 1. The molecule has 0 saturated heterocycles. The molecular weight excluding hydrogens is 1330 g/mol. The minimum absolute atomic E-state index is 0.0655. The third-order valence-electron chi connectivity index (χ3n) is 15.5. The maximum Gasteiger partial charge on any atom is 0.333 e. The lowest BCUT2D eigenvalue weighted by Crippen LogP contribution is -2.60. The topological polar surface area (TPSA) is 289 Å². The highest BCUT2D eigenvalue weighted by molar-refractivity contribution is 5.86. The van der Waals surface area contributed by atoms with Crippen LogP contribution in [-0.2, 0) is 46.5 Å². The van der Waals surface area contributed by atoms with Crippen LogP contribution in [0.2, 0.25) is 0 Å². The fraction of sp³-hybridized carbons (Fsp3) is 0.280. The zero-order chi connectivity index (χ0) is 75.1. The molecule has 10 N–H and O–H groups in total. The molecule has 26 heteroatoms. The smallest absolute Gasteiger partial charge is 0.333 e. The Hall–Kier alpha value is -9.90. The molecule has 0 fully saturated rings. The van der Waals surface area contributed by atoms with Crippen LogP contribution in [-0.4, -0.2) is 156 Å². The van der Waals surface area contributed by atoms with Gasteiger partial charge in [-0.05, 0) is 88.9 Å². The van der Waals surface area contributed by atoms with Crippen molar-refractivity contribution < 1.29 is 98.9 Å². The summed E-state index contributed by atoms with van der Waals surface area (Å²) in [7, 11) is 3.15. The minimum atomic E-state index is -3.16. The number of alkyl halides is 8. The molecule has 0 saturated carbocycles. The van der Waals surface area contributed by atoms with Gasteiger partial charge in [-0.15, -0.1) is 0 Å². The summed E-state index contributed by atoms with van der Waals surface area (Å²) in [5, 5.41) is 52.5. The predicted molar refractivity (Wildman–Crippen MR) is 366 cm³/mol. The Morgan fingerprint density at radius 1 is 0.416 bits per heavy atom. The van der Waals surface area contributed by atoms with Crippen molar-refractivity contribution in [1.82, 2.24) is 16.1 Å². The Morgan fingerprint density at radius 3 is 1.00 bits per heavy atom. The normalized spacial score (nSPS) is 14.6. The van der Waals surface area contributed by atoms with Crippen LogP contribution in [0.25, 0.3) is 44.5 Å². The summed E-state index contributed by atoms with van der Waals surface area (Å²) < 4.78 is 115. The van der Waals surface area contributed by atoms with Gasteiger partial charge in [-0.25, -0.2) is 45.4 Å². The van der Waals surface area contributed by atoms with Crippen LogP contribution in [0, 0.1) is 0 Å². The number of methoxy groups -OCH3 is 3. The predicted octanol–water partition coefficient (Wildman–Crippen LogP) is 11.3. The van der Waals surface area contributed by atoms with Crippen molar-refractivity contribution in [3.8, 4) is 44.5 Å². The number of hydrogen-bond donors (Lipinski definition) is 9. The molecule has 0 spiro atoms. The van der Waals surface area contributed by atoms with Gasteiger partial charge in [-0.3, -0.25) is 40.0 Å². The van der Waals surface area contributed by atoms with Gasteiger partial charge < -0.3 is 40.4 Å². The SMILES string of the molecule is COC(=O)[C@@H](N)[C@](C)(O)C(F)F.COC(=O)[C@@H](N=Cc1ccc(-c2ccccc2)cc1)[C@](C)(O)C(F)F.COC(=O)[C@@H](NCc1ccc(-c2ccccc2)cc1)[C@](C)(O)C(F)F.C[C@@](O)(C(F)F)[C@H](NCc1ccc(-c2ccccc2)cc1)C(=O)NO.O=Cc1ccc(-c2ccccc2)cc1. The van der Waals surface area contributed by atoms with Crippen molar-refractivity contribution in [1.29, 1.82) is 0 Å². The number of rotatable bonds is 25. The quantitative estimate of drug-likeness (QED) is 0.00489. The number of nitrogens with two attached hydrogens (primary N) is 1. The second kappa shape index (κ2) is 40.4. The summed E-state index contributed by atoms with van der Waals surface area (Å²) in [5.41, 5.74) is 7.28. The van der Waals surface area contributed by atoms with Gasteiger partial charge in [0.05, 0.1) is 21.3 Å². The molecular formula is C75H81F8N5O13. The van der Waals surface area contributed by atoms with Gasteiger partial charge in [0.25, 0.3) is 31.6 Å². The van der Waals surface area contributed by atoms with Crippen LogP contribution in [0.15, 0.2) is 223 Å². The van der Waals surface area contributed by atoms with Crippen LogP contribution in [0.4, 0.5) is 35.1 Å². The summed E-state index contributed by atoms with van der Waals surface area (Å²) in [6.07, 6.45) is -10.4. The van der Waals surface area contributed by atoms with Gasteiger partial charge in [0.1, 0.15) is 41.2 Å². The maximum absolute atomic E-state index is 13.0. The zero-order valence-electron chi connectivity index (χ0n) is 56.0. The first-order valence-corrected chi connectivity index (χ1v) is 30.8. The van der Waals surface area contributed by atoms with E-state index in [9.17, 15) is 74.4 Å². The third kappa shape index (κ3) is 25.0. The Labute approximate surface area is 579 Å². The molecule has 8 aromatic rings. The second-order valence-corrected chi connectivity index (χ2v) is 23.2. The number of benzene rings is 8. The third-order valence-corrected chi connectivity index (χ3v) is 15.5. The van der Waals surface area contributed by atoms with E-state index in [2.05, 4.69) is 42.0 Å². The molecule has 0 aromatic heterocycles. The largest absolute Gasteiger partial charge is 0.468 e. The van der Waals surface area contributed by atoms with Crippen LogP contribution in [0.3, 0.4) is 0 Å². The van der Waals surface area contributed by atoms with Crippen molar-refractivity contribution in [3.05, 3.63) is 241 Å². The van der Waals surface area contributed by atoms with Crippen molar-refractivity contribution in [2.24, 2.45) is 10.7 Å². The lowest BCUT2D eigenvalue weighted by Gasteiger charge is -2.31. The molecule has 0 aliphatic heterocycles. The average Bonchev–Trinajstić information content (AvgIpc) is 0.843. The molecule has 8 atom stereocenters. The van der Waals surface area contributed by atoms with Crippen LogP contribution >= 0.6 is 0 Å². The van der Waals surface area contributed by atoms with E-state index in [1.54, 1.807) is 24.3 Å². The molecule has 1 amide bonds. The van der Waals surface area contributed by atoms with Crippen LogP contribution in [0.5, 0.6) is 0 Å². The summed E-state index contributed by atoms with van der Waals surface area (Å²) >= 11 is 0. The Kier molecular flexibility index (Phi) is 33.4. The lowest BCUT2D eigenvalue weighted by molar-refractivity contribution is -0.161. The molecule has 0 unspecified atom stereocenters. The number of nitrogens with one attached hydrogen (secondary N) is 3. The standard InChI is InChI=1S/C19H21F2NO3.C19H19F2NO3.C18H20F2N2O3.C13H10O.C6H11F2NO3/c2*1-19(24,18(20)21)16(17(23)25-2)22-12-13-8-10-15(11-9-13)14-6-4-3-5-7-14;1-18(24,17(19)20)15(16(23)22-25)21-11-12-7-9-14(10-8-12)13-5-3-2-4-6-13;14-10-11-6-8-13(9-7-11)12-4-2-1-3-5-12;1-6(11,5(7)8)3(9)4(10)12-2/h3-11,16,18,22,24H,12H2,1-2H3;3-12,16,18,24H,1-2H3;2-10,15,17,21,24-25H,11H2,1H3,(H,22,23);1-10H;3,5,11H,9H2,1-2H3/t2*16-,19+;15-,18+;;3-,6+/m111.1/s1. The van der Waals surface area contributed by atoms with E-state index in [1.165, 1.54) is 17.3 Å². The molecule has 540 valence electrons. The van der Waals surface area contributed by atoms with Gasteiger partial charge in [-0.2, -0.15) is 0 Å². The number of hydrogen-bond acceptors (Lipinski definition) is 17. The van der Waals surface area contributed by atoms with Gasteiger partial charge >= 0.3 is 17.9 Å². The molecule has 0 bridgehead atoms. The minimum Gasteiger partial charge on any atom is -0.468 e. The van der Waals surface area contributed by atoms with Gasteiger partial charge in [-0.1, -0.05) is 218 Å². The summed E-state index contributed by atoms with van der Waals surface area (Å²) in [5.74, 6) is -4.17. The van der Waals surface area contributed by atoms with Crippen molar-refractivity contribution in [2.45, 2.75) is 113 Å². The molecule has 0 aliphatic rings. The number of aliphatic imine (C=N–C) groups is 1. The van der Waals surface area contributed by atoms with Gasteiger partial charge in [0.2, 0.25) is 0 Å². The number of aliphatic hydroxyl groups is 4. The van der Waals surface area contributed by atoms with E-state index in [4.69, 9.17) is 16.0 Å².